The van der Waals surface area contributed by atoms with Crippen LogP contribution < -0.4 is 14.8 Å². The normalized spacial score (nSPS) is 12.5. The summed E-state index contributed by atoms with van der Waals surface area (Å²) in [6.07, 6.45) is 0. The van der Waals surface area contributed by atoms with Crippen molar-refractivity contribution in [2.75, 3.05) is 27.3 Å². The van der Waals surface area contributed by atoms with Crippen molar-refractivity contribution in [2.24, 2.45) is 0 Å². The molecule has 8 heteroatoms. The molecule has 0 aromatic heterocycles. The summed E-state index contributed by atoms with van der Waals surface area (Å²) in [6.45, 7) is 5.83. The molecular weight excluding hydrogens is 392 g/mol. The summed E-state index contributed by atoms with van der Waals surface area (Å²) in [5.41, 5.74) is 2.31. The zero-order valence-electron chi connectivity index (χ0n) is 17.4. The molecule has 0 aliphatic rings. The molecule has 0 saturated heterocycles. The first-order valence-corrected chi connectivity index (χ1v) is 10.7. The minimum atomic E-state index is -3.77. The molecule has 0 radical (unpaired) electrons. The quantitative estimate of drug-likeness (QED) is 0.674. The summed E-state index contributed by atoms with van der Waals surface area (Å²) >= 11 is 0. The highest BCUT2D eigenvalue weighted by Gasteiger charge is 2.23. The lowest BCUT2D eigenvalue weighted by atomic mass is 10.1. The van der Waals surface area contributed by atoms with Crippen LogP contribution in [0.4, 0.5) is 0 Å². The van der Waals surface area contributed by atoms with E-state index in [1.165, 1.54) is 31.9 Å². The molecule has 1 atom stereocenters. The number of carbonyl (C=O) groups excluding carboxylic acids is 1. The highest BCUT2D eigenvalue weighted by Crippen LogP contribution is 2.19. The second-order valence-electron chi connectivity index (χ2n) is 6.96. The third-order valence-electron chi connectivity index (χ3n) is 4.52. The Balaban J connectivity index is 1.88. The van der Waals surface area contributed by atoms with Gasteiger partial charge in [-0.1, -0.05) is 6.07 Å². The van der Waals surface area contributed by atoms with Gasteiger partial charge < -0.3 is 14.8 Å². The van der Waals surface area contributed by atoms with Crippen LogP contribution in [0.2, 0.25) is 0 Å². The van der Waals surface area contributed by atoms with E-state index in [-0.39, 0.29) is 24.1 Å². The Morgan fingerprint density at radius 3 is 2.28 bits per heavy atom. The lowest BCUT2D eigenvalue weighted by Gasteiger charge is -2.19. The molecule has 29 heavy (non-hydrogen) atoms. The van der Waals surface area contributed by atoms with Crippen LogP contribution in [0.3, 0.4) is 0 Å². The molecule has 0 aliphatic heterocycles. The number of nitrogens with one attached hydrogen (secondary N) is 1. The second kappa shape index (κ2) is 9.76. The second-order valence-corrected chi connectivity index (χ2v) is 9.01. The number of amides is 1. The van der Waals surface area contributed by atoms with Gasteiger partial charge in [-0.2, -0.15) is 4.31 Å². The van der Waals surface area contributed by atoms with E-state index < -0.39 is 15.9 Å². The SMILES string of the molecule is COc1ccc(S(=O)(=O)N(C)CC(=O)N[C@H](C)COc2ccc(C)c(C)c2)cc1. The lowest BCUT2D eigenvalue weighted by molar-refractivity contribution is -0.121. The predicted molar refractivity (Wildman–Crippen MR) is 112 cm³/mol. The van der Waals surface area contributed by atoms with Gasteiger partial charge in [0.25, 0.3) is 0 Å². The number of methoxy groups -OCH3 is 1. The van der Waals surface area contributed by atoms with Crippen LogP contribution in [0.1, 0.15) is 18.1 Å². The van der Waals surface area contributed by atoms with Crippen molar-refractivity contribution in [3.8, 4) is 11.5 Å². The Bertz CT molecular complexity index is 942. The molecule has 2 rings (SSSR count). The van der Waals surface area contributed by atoms with Gasteiger partial charge in [-0.15, -0.1) is 0 Å². The highest BCUT2D eigenvalue weighted by molar-refractivity contribution is 7.89. The minimum absolute atomic E-state index is 0.0970. The van der Waals surface area contributed by atoms with Gasteiger partial charge in [-0.05, 0) is 68.3 Å². The van der Waals surface area contributed by atoms with E-state index in [4.69, 9.17) is 9.47 Å². The van der Waals surface area contributed by atoms with Crippen molar-refractivity contribution in [1.82, 2.24) is 9.62 Å². The van der Waals surface area contributed by atoms with Gasteiger partial charge in [0.05, 0.1) is 24.6 Å². The fraction of sp³-hybridized carbons (Fsp3) is 0.381. The van der Waals surface area contributed by atoms with Gasteiger partial charge in [0.15, 0.2) is 0 Å². The summed E-state index contributed by atoms with van der Waals surface area (Å²) in [5.74, 6) is 0.885. The number of aryl methyl sites for hydroxylation is 2. The van der Waals surface area contributed by atoms with Gasteiger partial charge in [0, 0.05) is 7.05 Å². The van der Waals surface area contributed by atoms with Crippen molar-refractivity contribution in [2.45, 2.75) is 31.7 Å². The Morgan fingerprint density at radius 1 is 1.07 bits per heavy atom. The summed E-state index contributed by atoms with van der Waals surface area (Å²) in [6, 6.07) is 11.5. The summed E-state index contributed by atoms with van der Waals surface area (Å²) < 4.78 is 37.0. The molecule has 1 amide bonds. The predicted octanol–water partition coefficient (Wildman–Crippen LogP) is 2.52. The minimum Gasteiger partial charge on any atom is -0.497 e. The van der Waals surface area contributed by atoms with Crippen molar-refractivity contribution >= 4 is 15.9 Å². The van der Waals surface area contributed by atoms with Gasteiger partial charge in [0.2, 0.25) is 15.9 Å². The zero-order valence-corrected chi connectivity index (χ0v) is 18.2. The molecule has 1 N–H and O–H groups in total. The van der Waals surface area contributed by atoms with Crippen molar-refractivity contribution < 1.29 is 22.7 Å². The maximum Gasteiger partial charge on any atom is 0.243 e. The summed E-state index contributed by atoms with van der Waals surface area (Å²) in [5, 5.41) is 2.76. The van der Waals surface area contributed by atoms with Crippen LogP contribution >= 0.6 is 0 Å². The Labute approximate surface area is 172 Å². The molecule has 7 nitrogen and oxygen atoms in total. The maximum atomic E-state index is 12.6. The van der Waals surface area contributed by atoms with E-state index in [2.05, 4.69) is 5.32 Å². The molecule has 158 valence electrons. The van der Waals surface area contributed by atoms with E-state index in [1.54, 1.807) is 19.1 Å². The number of benzene rings is 2. The van der Waals surface area contributed by atoms with Gasteiger partial charge in [-0.3, -0.25) is 4.79 Å². The Hall–Kier alpha value is -2.58. The molecule has 0 saturated carbocycles. The van der Waals surface area contributed by atoms with Crippen molar-refractivity contribution in [1.29, 1.82) is 0 Å². The smallest absolute Gasteiger partial charge is 0.243 e. The average molecular weight is 421 g/mol. The summed E-state index contributed by atoms with van der Waals surface area (Å²) in [7, 11) is -0.898. The fourth-order valence-corrected chi connectivity index (χ4v) is 3.73. The Kier molecular flexibility index (Phi) is 7.64. The highest BCUT2D eigenvalue weighted by atomic mass is 32.2. The van der Waals surface area contributed by atoms with Gasteiger partial charge in [0.1, 0.15) is 18.1 Å². The van der Waals surface area contributed by atoms with Crippen LogP contribution in [0.5, 0.6) is 11.5 Å². The number of ether oxygens (including phenoxy) is 2. The molecule has 0 fully saturated rings. The van der Waals surface area contributed by atoms with E-state index in [1.807, 2.05) is 32.0 Å². The fourth-order valence-electron chi connectivity index (χ4n) is 2.60. The van der Waals surface area contributed by atoms with Crippen LogP contribution in [-0.4, -0.2) is 52.0 Å². The average Bonchev–Trinajstić information content (AvgIpc) is 2.68. The molecule has 0 bridgehead atoms. The van der Waals surface area contributed by atoms with Crippen LogP contribution in [-0.2, 0) is 14.8 Å². The maximum absolute atomic E-state index is 12.6. The third kappa shape index (κ3) is 6.20. The van der Waals surface area contributed by atoms with Crippen LogP contribution in [0, 0.1) is 13.8 Å². The van der Waals surface area contributed by atoms with Gasteiger partial charge >= 0.3 is 0 Å². The molecule has 0 aliphatic carbocycles. The number of sulfonamides is 1. The van der Waals surface area contributed by atoms with Crippen LogP contribution in [0.15, 0.2) is 47.4 Å². The largest absolute Gasteiger partial charge is 0.497 e. The first-order chi connectivity index (χ1) is 13.6. The number of rotatable bonds is 9. The first kappa shape index (κ1) is 22.7. The first-order valence-electron chi connectivity index (χ1n) is 9.23. The molecule has 0 heterocycles. The molecule has 0 unspecified atom stereocenters. The van der Waals surface area contributed by atoms with Crippen molar-refractivity contribution in [3.63, 3.8) is 0 Å². The number of hydrogen-bond donors (Lipinski definition) is 1. The molecular formula is C21H28N2O5S. The third-order valence-corrected chi connectivity index (χ3v) is 6.34. The topological polar surface area (TPSA) is 84.9 Å². The molecule has 0 spiro atoms. The Morgan fingerprint density at radius 2 is 1.69 bits per heavy atom. The molecule has 2 aromatic rings. The zero-order chi connectivity index (χ0) is 21.6. The van der Waals surface area contributed by atoms with Gasteiger partial charge in [-0.25, -0.2) is 8.42 Å². The van der Waals surface area contributed by atoms with E-state index in [0.29, 0.717) is 5.75 Å². The van der Waals surface area contributed by atoms with Crippen LogP contribution in [0.25, 0.3) is 0 Å². The molecule has 2 aromatic carbocycles. The number of hydrogen-bond acceptors (Lipinski definition) is 5. The lowest BCUT2D eigenvalue weighted by Crippen LogP contribution is -2.43. The standard InChI is InChI=1S/C21H28N2O5S/c1-15-6-7-19(12-16(15)2)28-14-17(3)22-21(24)13-23(4)29(25,26)20-10-8-18(27-5)9-11-20/h6-12,17H,13-14H2,1-5H3,(H,22,24)/t17-/m1/s1. The van der Waals surface area contributed by atoms with E-state index >= 15 is 0 Å². The van der Waals surface area contributed by atoms with Crippen molar-refractivity contribution in [3.05, 3.63) is 53.6 Å². The monoisotopic (exact) mass is 420 g/mol. The van der Waals surface area contributed by atoms with E-state index in [9.17, 15) is 13.2 Å². The summed E-state index contributed by atoms with van der Waals surface area (Å²) in [4.78, 5) is 12.4. The number of carbonyl (C=O) groups is 1. The number of nitrogens with zero attached hydrogens (tertiary/aromatic N) is 1. The number of likely N-dealkylation sites (N-methyl/N-ethyl adjacent to an activating group) is 1. The van der Waals surface area contributed by atoms with E-state index in [0.717, 1.165) is 15.6 Å².